The lowest BCUT2D eigenvalue weighted by molar-refractivity contribution is 0.603. The molecule has 1 aliphatic carbocycles. The minimum absolute atomic E-state index is 0.254. The second-order valence-electron chi connectivity index (χ2n) is 4.80. The number of sulfonamides is 1. The molecule has 0 spiro atoms. The fraction of sp³-hybridized carbons (Fsp3) is 0.308. The lowest BCUT2D eigenvalue weighted by Crippen LogP contribution is -2.11. The largest absolute Gasteiger partial charge is 0.272 e. The number of nitriles is 1. The third-order valence-electron chi connectivity index (χ3n) is 3.36. The normalized spacial score (nSPS) is 14.0. The van der Waals surface area contributed by atoms with E-state index < -0.39 is 10.0 Å². The van der Waals surface area contributed by atoms with Crippen LogP contribution in [0.1, 0.15) is 28.0 Å². The van der Waals surface area contributed by atoms with Crippen LogP contribution in [0.15, 0.2) is 14.1 Å². The molecule has 2 aromatic heterocycles. The van der Waals surface area contributed by atoms with Crippen molar-refractivity contribution in [2.75, 3.05) is 4.72 Å². The minimum atomic E-state index is -3.64. The fourth-order valence-corrected chi connectivity index (χ4v) is 7.10. The zero-order valence-corrected chi connectivity index (χ0v) is 15.1. The topological polar surface area (TPSA) is 70.0 Å². The van der Waals surface area contributed by atoms with E-state index in [1.54, 1.807) is 6.07 Å². The van der Waals surface area contributed by atoms with Gasteiger partial charge >= 0.3 is 0 Å². The second-order valence-corrected chi connectivity index (χ2v) is 10.2. The molecular formula is C13H11BrN2O2S3. The van der Waals surface area contributed by atoms with Crippen molar-refractivity contribution in [3.63, 3.8) is 0 Å². The average molecular weight is 403 g/mol. The van der Waals surface area contributed by atoms with Crippen LogP contribution < -0.4 is 4.72 Å². The number of aryl methyl sites for hydroxylation is 2. The molecule has 0 saturated heterocycles. The van der Waals surface area contributed by atoms with Crippen LogP contribution in [0, 0.1) is 18.3 Å². The molecule has 0 radical (unpaired) electrons. The van der Waals surface area contributed by atoms with Gasteiger partial charge in [0.25, 0.3) is 10.0 Å². The van der Waals surface area contributed by atoms with Crippen molar-refractivity contribution in [3.05, 3.63) is 31.4 Å². The van der Waals surface area contributed by atoms with Gasteiger partial charge in [-0.25, -0.2) is 8.42 Å². The molecule has 2 heterocycles. The zero-order valence-electron chi connectivity index (χ0n) is 11.1. The first-order valence-electron chi connectivity index (χ1n) is 6.26. The molecule has 1 aliphatic rings. The first kappa shape index (κ1) is 15.0. The molecule has 8 heteroatoms. The lowest BCUT2D eigenvalue weighted by atomic mass is 10.1. The van der Waals surface area contributed by atoms with E-state index in [1.807, 2.05) is 6.92 Å². The Morgan fingerprint density at radius 2 is 2.14 bits per heavy atom. The maximum Gasteiger partial charge on any atom is 0.272 e. The molecule has 0 bridgehead atoms. The third kappa shape index (κ3) is 2.63. The molecule has 3 rings (SSSR count). The number of anilines is 1. The number of fused-ring (bicyclic) bond motifs is 1. The van der Waals surface area contributed by atoms with Gasteiger partial charge in [0.15, 0.2) is 0 Å². The van der Waals surface area contributed by atoms with E-state index >= 15 is 0 Å². The predicted octanol–water partition coefficient (Wildman–Crippen LogP) is 4.04. The summed E-state index contributed by atoms with van der Waals surface area (Å²) in [6, 6.07) is 3.77. The number of thiophene rings is 2. The van der Waals surface area contributed by atoms with Gasteiger partial charge in [-0.3, -0.25) is 4.72 Å². The predicted molar refractivity (Wildman–Crippen MR) is 88.6 cm³/mol. The molecule has 0 fully saturated rings. The van der Waals surface area contributed by atoms with Crippen LogP contribution in [-0.2, 0) is 22.9 Å². The highest BCUT2D eigenvalue weighted by atomic mass is 79.9. The highest BCUT2D eigenvalue weighted by Crippen LogP contribution is 2.40. The van der Waals surface area contributed by atoms with Gasteiger partial charge in [0.05, 0.1) is 9.35 Å². The van der Waals surface area contributed by atoms with Crippen LogP contribution in [0.2, 0.25) is 0 Å². The van der Waals surface area contributed by atoms with Gasteiger partial charge in [0.2, 0.25) is 0 Å². The number of nitrogens with one attached hydrogen (secondary N) is 1. The van der Waals surface area contributed by atoms with Gasteiger partial charge in [-0.05, 0) is 59.3 Å². The quantitative estimate of drug-likeness (QED) is 0.841. The maximum absolute atomic E-state index is 12.4. The molecule has 0 saturated carbocycles. The summed E-state index contributed by atoms with van der Waals surface area (Å²) in [7, 11) is -3.64. The van der Waals surface area contributed by atoms with Crippen molar-refractivity contribution in [1.29, 1.82) is 5.26 Å². The molecule has 21 heavy (non-hydrogen) atoms. The molecule has 1 N–H and O–H groups in total. The third-order valence-corrected chi connectivity index (χ3v) is 8.66. The van der Waals surface area contributed by atoms with Crippen molar-refractivity contribution in [3.8, 4) is 6.07 Å². The average Bonchev–Trinajstić information content (AvgIpc) is 3.05. The van der Waals surface area contributed by atoms with Crippen LogP contribution in [-0.4, -0.2) is 8.42 Å². The monoisotopic (exact) mass is 402 g/mol. The van der Waals surface area contributed by atoms with E-state index in [0.717, 1.165) is 39.1 Å². The first-order chi connectivity index (χ1) is 9.92. The summed E-state index contributed by atoms with van der Waals surface area (Å²) in [6.07, 6.45) is 2.83. The molecular weight excluding hydrogens is 392 g/mol. The summed E-state index contributed by atoms with van der Waals surface area (Å²) in [6.45, 7) is 1.85. The van der Waals surface area contributed by atoms with E-state index in [4.69, 9.17) is 0 Å². The van der Waals surface area contributed by atoms with E-state index in [2.05, 4.69) is 26.7 Å². The summed E-state index contributed by atoms with van der Waals surface area (Å²) in [5.41, 5.74) is 2.39. The summed E-state index contributed by atoms with van der Waals surface area (Å²) in [4.78, 5) is 1.13. The van der Waals surface area contributed by atoms with Crippen LogP contribution in [0.5, 0.6) is 0 Å². The summed E-state index contributed by atoms with van der Waals surface area (Å²) in [5.74, 6) is 0. The van der Waals surface area contributed by atoms with Crippen molar-refractivity contribution in [1.82, 2.24) is 0 Å². The Morgan fingerprint density at radius 1 is 1.38 bits per heavy atom. The number of hydrogen-bond acceptors (Lipinski definition) is 5. The van der Waals surface area contributed by atoms with Crippen molar-refractivity contribution < 1.29 is 8.42 Å². The molecule has 2 aromatic rings. The Kier molecular flexibility index (Phi) is 3.86. The summed E-state index contributed by atoms with van der Waals surface area (Å²) in [5, 5.41) is 9.75. The van der Waals surface area contributed by atoms with Crippen LogP contribution in [0.25, 0.3) is 0 Å². The van der Waals surface area contributed by atoms with Crippen LogP contribution >= 0.6 is 38.6 Å². The van der Waals surface area contributed by atoms with Crippen LogP contribution in [0.4, 0.5) is 5.00 Å². The highest BCUT2D eigenvalue weighted by molar-refractivity contribution is 9.11. The van der Waals surface area contributed by atoms with E-state index in [1.165, 1.54) is 22.7 Å². The minimum Gasteiger partial charge on any atom is -0.269 e. The van der Waals surface area contributed by atoms with Gasteiger partial charge in [0, 0.05) is 4.88 Å². The smallest absolute Gasteiger partial charge is 0.269 e. The van der Waals surface area contributed by atoms with Gasteiger partial charge in [-0.2, -0.15) is 5.26 Å². The lowest BCUT2D eigenvalue weighted by Gasteiger charge is -2.04. The van der Waals surface area contributed by atoms with E-state index in [9.17, 15) is 13.7 Å². The van der Waals surface area contributed by atoms with Crippen molar-refractivity contribution in [2.24, 2.45) is 0 Å². The van der Waals surface area contributed by atoms with Gasteiger partial charge < -0.3 is 0 Å². The van der Waals surface area contributed by atoms with Crippen LogP contribution in [0.3, 0.4) is 0 Å². The summed E-state index contributed by atoms with van der Waals surface area (Å²) >= 11 is 5.89. The molecule has 0 aliphatic heterocycles. The van der Waals surface area contributed by atoms with Crippen molar-refractivity contribution >= 4 is 53.6 Å². The number of hydrogen-bond donors (Lipinski definition) is 1. The molecule has 4 nitrogen and oxygen atoms in total. The fourth-order valence-electron chi connectivity index (χ4n) is 2.33. The zero-order chi connectivity index (χ0) is 15.2. The van der Waals surface area contributed by atoms with Crippen molar-refractivity contribution in [2.45, 2.75) is 30.4 Å². The van der Waals surface area contributed by atoms with Gasteiger partial charge in [-0.1, -0.05) is 0 Å². The highest BCUT2D eigenvalue weighted by Gasteiger charge is 2.26. The SMILES string of the molecule is Cc1cc(S(=O)(=O)Nc2sc3c(c2C#N)CCC3)sc1Br. The Hall–Kier alpha value is -0.880. The maximum atomic E-state index is 12.4. The van der Waals surface area contributed by atoms with E-state index in [-0.39, 0.29) is 4.21 Å². The molecule has 110 valence electrons. The number of halogens is 1. The standard InChI is InChI=1S/C13H11BrN2O2S3/c1-7-5-11(20-12(7)14)21(17,18)16-13-9(6-15)8-3-2-4-10(8)19-13/h5,16H,2-4H2,1H3. The van der Waals surface area contributed by atoms with E-state index in [0.29, 0.717) is 10.6 Å². The van der Waals surface area contributed by atoms with Gasteiger partial charge in [0.1, 0.15) is 15.3 Å². The van der Waals surface area contributed by atoms with Gasteiger partial charge in [-0.15, -0.1) is 22.7 Å². The summed E-state index contributed by atoms with van der Waals surface area (Å²) < 4.78 is 28.5. The Morgan fingerprint density at radius 3 is 2.76 bits per heavy atom. The number of nitrogens with zero attached hydrogens (tertiary/aromatic N) is 1. The molecule has 0 unspecified atom stereocenters. The first-order valence-corrected chi connectivity index (χ1v) is 10.2. The molecule has 0 aromatic carbocycles. The Bertz CT molecular complexity index is 839. The molecule has 0 atom stereocenters. The molecule has 0 amide bonds. The Balaban J connectivity index is 1.99. The number of rotatable bonds is 3. The second kappa shape index (κ2) is 5.39. The Labute approximate surface area is 139 Å².